The fourth-order valence-corrected chi connectivity index (χ4v) is 6.43. The summed E-state index contributed by atoms with van der Waals surface area (Å²) in [5, 5.41) is 0. The first-order valence-corrected chi connectivity index (χ1v) is 13.7. The Bertz CT molecular complexity index is 689. The van der Waals surface area contributed by atoms with Crippen molar-refractivity contribution in [2.45, 2.75) is 128 Å². The van der Waals surface area contributed by atoms with Crippen LogP contribution < -0.4 is 0 Å². The lowest BCUT2D eigenvalue weighted by Crippen LogP contribution is -2.25. The van der Waals surface area contributed by atoms with Crippen molar-refractivity contribution in [2.24, 2.45) is 17.8 Å². The Morgan fingerprint density at radius 3 is 1.82 bits per heavy atom. The topological polar surface area (TPSA) is 0 Å². The van der Waals surface area contributed by atoms with Gasteiger partial charge in [0.05, 0.1) is 5.56 Å². The summed E-state index contributed by atoms with van der Waals surface area (Å²) >= 11 is 0. The van der Waals surface area contributed by atoms with Crippen LogP contribution in [0.2, 0.25) is 0 Å². The van der Waals surface area contributed by atoms with E-state index in [2.05, 4.69) is 6.92 Å². The highest BCUT2D eigenvalue weighted by Gasteiger charge is 2.38. The third-order valence-corrected chi connectivity index (χ3v) is 8.54. The molecule has 2 fully saturated rings. The molecule has 33 heavy (non-hydrogen) atoms. The Morgan fingerprint density at radius 1 is 0.727 bits per heavy atom. The predicted molar refractivity (Wildman–Crippen MR) is 129 cm³/mol. The van der Waals surface area contributed by atoms with Crippen LogP contribution in [0.3, 0.4) is 0 Å². The lowest BCUT2D eigenvalue weighted by molar-refractivity contribution is -0.0222. The number of hydrogen-bond donors (Lipinski definition) is 0. The van der Waals surface area contributed by atoms with Crippen LogP contribution in [-0.2, 0) is 5.92 Å². The predicted octanol–water partition coefficient (Wildman–Crippen LogP) is 10.3. The zero-order valence-corrected chi connectivity index (χ0v) is 20.8. The van der Waals surface area contributed by atoms with Gasteiger partial charge >= 0.3 is 0 Å². The smallest absolute Gasteiger partial charge is 0.206 e. The monoisotopic (exact) mass is 468 g/mol. The molecular formula is C29H44F4. The molecule has 188 valence electrons. The standard InChI is InChI=1S/C29H44F4/c1-3-5-7-8-9-21-10-12-22(13-11-21)23-14-16-24(17-15-23)25-19-26(30)28(27(31)20-25)29(32,33)18-6-4-2/h19-24H,3-18H2,1-2H3/t21-,22-,23?,24?. The molecule has 0 bridgehead atoms. The Kier molecular flexibility index (Phi) is 10.1. The van der Waals surface area contributed by atoms with Gasteiger partial charge in [0.15, 0.2) is 0 Å². The molecule has 0 radical (unpaired) electrons. The Balaban J connectivity index is 1.50. The van der Waals surface area contributed by atoms with Gasteiger partial charge in [-0.3, -0.25) is 0 Å². The molecule has 2 aliphatic rings. The summed E-state index contributed by atoms with van der Waals surface area (Å²) in [5.74, 6) is -3.10. The first-order valence-electron chi connectivity index (χ1n) is 13.7. The molecule has 2 aliphatic carbocycles. The maximum absolute atomic E-state index is 14.6. The summed E-state index contributed by atoms with van der Waals surface area (Å²) in [4.78, 5) is 0. The molecule has 3 rings (SSSR count). The summed E-state index contributed by atoms with van der Waals surface area (Å²) < 4.78 is 57.9. The van der Waals surface area contributed by atoms with E-state index in [1.807, 2.05) is 0 Å². The molecule has 0 spiro atoms. The van der Waals surface area contributed by atoms with E-state index in [0.29, 0.717) is 12.0 Å². The van der Waals surface area contributed by atoms with E-state index < -0.39 is 29.5 Å². The average molecular weight is 469 g/mol. The maximum atomic E-state index is 14.6. The minimum Gasteiger partial charge on any atom is -0.206 e. The summed E-state index contributed by atoms with van der Waals surface area (Å²) in [6.07, 6.45) is 16.5. The van der Waals surface area contributed by atoms with E-state index in [4.69, 9.17) is 0 Å². The number of rotatable bonds is 11. The van der Waals surface area contributed by atoms with Gasteiger partial charge < -0.3 is 0 Å². The molecule has 4 heteroatoms. The van der Waals surface area contributed by atoms with Crippen LogP contribution >= 0.6 is 0 Å². The lowest BCUT2D eigenvalue weighted by atomic mass is 9.68. The fraction of sp³-hybridized carbons (Fsp3) is 0.793. The van der Waals surface area contributed by atoms with E-state index in [1.54, 1.807) is 6.92 Å². The first kappa shape index (κ1) is 26.5. The maximum Gasteiger partial charge on any atom is 0.278 e. The second-order valence-corrected chi connectivity index (χ2v) is 10.9. The molecule has 0 aromatic heterocycles. The van der Waals surface area contributed by atoms with Crippen molar-refractivity contribution in [3.63, 3.8) is 0 Å². The molecule has 0 N–H and O–H groups in total. The molecule has 0 heterocycles. The van der Waals surface area contributed by atoms with Gasteiger partial charge in [0, 0.05) is 6.42 Å². The third-order valence-electron chi connectivity index (χ3n) is 8.54. The number of benzene rings is 1. The normalized spacial score (nSPS) is 26.5. The zero-order valence-electron chi connectivity index (χ0n) is 20.8. The van der Waals surface area contributed by atoms with Gasteiger partial charge in [0.2, 0.25) is 0 Å². The summed E-state index contributed by atoms with van der Waals surface area (Å²) in [6, 6.07) is 2.38. The Labute approximate surface area is 198 Å². The Morgan fingerprint density at radius 2 is 1.27 bits per heavy atom. The molecule has 0 amide bonds. The van der Waals surface area contributed by atoms with Gasteiger partial charge in [-0.25, -0.2) is 17.6 Å². The van der Waals surface area contributed by atoms with Crippen molar-refractivity contribution >= 4 is 0 Å². The number of hydrogen-bond acceptors (Lipinski definition) is 0. The second kappa shape index (κ2) is 12.6. The van der Waals surface area contributed by atoms with E-state index in [9.17, 15) is 17.6 Å². The molecule has 0 atom stereocenters. The third kappa shape index (κ3) is 7.21. The number of halogens is 4. The highest BCUT2D eigenvalue weighted by atomic mass is 19.3. The molecule has 0 unspecified atom stereocenters. The molecule has 0 nitrogen and oxygen atoms in total. The highest BCUT2D eigenvalue weighted by Crippen LogP contribution is 2.45. The number of alkyl halides is 2. The quantitative estimate of drug-likeness (QED) is 0.224. The van der Waals surface area contributed by atoms with Crippen LogP contribution in [0.25, 0.3) is 0 Å². The van der Waals surface area contributed by atoms with Crippen molar-refractivity contribution in [2.75, 3.05) is 0 Å². The average Bonchev–Trinajstić information content (AvgIpc) is 2.80. The molecule has 0 aliphatic heterocycles. The summed E-state index contributed by atoms with van der Waals surface area (Å²) in [5.41, 5.74) is -0.478. The highest BCUT2D eigenvalue weighted by molar-refractivity contribution is 5.32. The minimum atomic E-state index is -3.45. The minimum absolute atomic E-state index is 0.0819. The van der Waals surface area contributed by atoms with Crippen LogP contribution in [0.1, 0.15) is 134 Å². The van der Waals surface area contributed by atoms with Crippen molar-refractivity contribution in [1.29, 1.82) is 0 Å². The van der Waals surface area contributed by atoms with Crippen LogP contribution in [0.5, 0.6) is 0 Å². The van der Waals surface area contributed by atoms with Crippen LogP contribution in [0, 0.1) is 29.4 Å². The van der Waals surface area contributed by atoms with Gasteiger partial charge in [-0.1, -0.05) is 65.2 Å². The van der Waals surface area contributed by atoms with E-state index in [-0.39, 0.29) is 12.3 Å². The fourth-order valence-electron chi connectivity index (χ4n) is 6.43. The van der Waals surface area contributed by atoms with Gasteiger partial charge in [-0.2, -0.15) is 0 Å². The van der Waals surface area contributed by atoms with Crippen molar-refractivity contribution in [3.05, 3.63) is 34.9 Å². The number of unbranched alkanes of at least 4 members (excludes halogenated alkanes) is 4. The van der Waals surface area contributed by atoms with E-state index in [1.165, 1.54) is 69.9 Å². The molecule has 1 aromatic carbocycles. The zero-order chi connectivity index (χ0) is 23.8. The van der Waals surface area contributed by atoms with Gasteiger partial charge in [0.25, 0.3) is 5.92 Å². The van der Waals surface area contributed by atoms with Crippen LogP contribution in [0.4, 0.5) is 17.6 Å². The van der Waals surface area contributed by atoms with Crippen LogP contribution in [0.15, 0.2) is 12.1 Å². The largest absolute Gasteiger partial charge is 0.278 e. The molecule has 0 saturated heterocycles. The van der Waals surface area contributed by atoms with Crippen molar-refractivity contribution in [3.8, 4) is 0 Å². The van der Waals surface area contributed by atoms with Crippen LogP contribution in [-0.4, -0.2) is 0 Å². The van der Waals surface area contributed by atoms with Crippen molar-refractivity contribution in [1.82, 2.24) is 0 Å². The van der Waals surface area contributed by atoms with Gasteiger partial charge in [0.1, 0.15) is 11.6 Å². The SMILES string of the molecule is CCCCCC[C@H]1CC[C@H](C2CCC(c3cc(F)c(C(F)(F)CCCC)c(F)c3)CC2)CC1. The molecule has 2 saturated carbocycles. The Hall–Kier alpha value is -1.06. The van der Waals surface area contributed by atoms with Gasteiger partial charge in [-0.15, -0.1) is 0 Å². The first-order chi connectivity index (χ1) is 15.9. The van der Waals surface area contributed by atoms with E-state index >= 15 is 0 Å². The lowest BCUT2D eigenvalue weighted by Gasteiger charge is -2.38. The van der Waals surface area contributed by atoms with E-state index in [0.717, 1.165) is 43.4 Å². The summed E-state index contributed by atoms with van der Waals surface area (Å²) in [7, 11) is 0. The van der Waals surface area contributed by atoms with Crippen molar-refractivity contribution < 1.29 is 17.6 Å². The molecule has 1 aromatic rings. The second-order valence-electron chi connectivity index (χ2n) is 10.9. The summed E-state index contributed by atoms with van der Waals surface area (Å²) in [6.45, 7) is 4.05. The molecular weight excluding hydrogens is 424 g/mol. The van der Waals surface area contributed by atoms with Gasteiger partial charge in [-0.05, 0) is 86.3 Å².